The SMILES string of the molecule is CC(C)(C)OC(=O)N1CCC[C@H]1C(=O)Cc1ccc(C2C(c3ccc(CC(=O)[C@@H]4CCCN4C(=O)OC(C)(C)C)cc3)C2c2ccc(OS(=O)(=O)C(F)(F)F)cc2)cc1. The molecule has 1 saturated carbocycles. The predicted octanol–water partition coefficient (Wildman–Crippen LogP) is 8.60. The van der Waals surface area contributed by atoms with Gasteiger partial charge in [0, 0.05) is 25.9 Å². The number of hydrogen-bond donors (Lipinski definition) is 0. The van der Waals surface area contributed by atoms with Gasteiger partial charge in [-0.25, -0.2) is 9.59 Å². The molecule has 3 aromatic carbocycles. The van der Waals surface area contributed by atoms with Crippen molar-refractivity contribution < 1.29 is 54.4 Å². The number of likely N-dealkylation sites (tertiary alicyclic amines) is 2. The minimum absolute atomic E-state index is 0.0813. The van der Waals surface area contributed by atoms with Crippen molar-refractivity contribution in [3.63, 3.8) is 0 Å². The van der Waals surface area contributed by atoms with Crippen molar-refractivity contribution in [2.75, 3.05) is 13.1 Å². The van der Waals surface area contributed by atoms with Crippen LogP contribution in [0.2, 0.25) is 0 Å². The van der Waals surface area contributed by atoms with Gasteiger partial charge in [0.1, 0.15) is 17.0 Å². The van der Waals surface area contributed by atoms with Crippen LogP contribution in [0.4, 0.5) is 22.8 Å². The molecule has 0 aromatic heterocycles. The summed E-state index contributed by atoms with van der Waals surface area (Å²) in [5.41, 5.74) is -2.74. The molecule has 59 heavy (non-hydrogen) atoms. The zero-order chi connectivity index (χ0) is 43.1. The van der Waals surface area contributed by atoms with Gasteiger partial charge in [0.2, 0.25) is 0 Å². The van der Waals surface area contributed by atoms with Gasteiger partial charge in [-0.15, -0.1) is 0 Å². The predicted molar refractivity (Wildman–Crippen MR) is 212 cm³/mol. The van der Waals surface area contributed by atoms with E-state index in [4.69, 9.17) is 9.47 Å². The number of carbonyl (C=O) groups excluding carboxylic acids is 4. The van der Waals surface area contributed by atoms with Crippen LogP contribution in [0.25, 0.3) is 0 Å². The molecular formula is C44H51F3N2O9S. The van der Waals surface area contributed by atoms with E-state index >= 15 is 0 Å². The Labute approximate surface area is 343 Å². The minimum Gasteiger partial charge on any atom is -0.444 e. The lowest BCUT2D eigenvalue weighted by Crippen LogP contribution is -2.43. The van der Waals surface area contributed by atoms with Crippen LogP contribution in [0.3, 0.4) is 0 Å². The third kappa shape index (κ3) is 10.5. The van der Waals surface area contributed by atoms with Crippen LogP contribution in [-0.4, -0.2) is 83.9 Å². The van der Waals surface area contributed by atoms with E-state index in [0.717, 1.165) is 27.8 Å². The summed E-state index contributed by atoms with van der Waals surface area (Å²) in [5, 5.41) is 0. The van der Waals surface area contributed by atoms with E-state index in [1.54, 1.807) is 53.7 Å². The zero-order valence-electron chi connectivity index (χ0n) is 34.1. The van der Waals surface area contributed by atoms with Gasteiger partial charge in [-0.1, -0.05) is 60.7 Å². The lowest BCUT2D eigenvalue weighted by Gasteiger charge is -2.28. The Bertz CT molecular complexity index is 2030. The largest absolute Gasteiger partial charge is 0.534 e. The molecule has 3 aromatic rings. The third-order valence-corrected chi connectivity index (χ3v) is 11.7. The van der Waals surface area contributed by atoms with E-state index < -0.39 is 56.8 Å². The number of rotatable bonds is 11. The number of nitrogens with zero attached hydrogens (tertiary/aromatic N) is 2. The fourth-order valence-corrected chi connectivity index (χ4v) is 8.57. The van der Waals surface area contributed by atoms with E-state index in [1.807, 2.05) is 48.5 Å². The maximum absolute atomic E-state index is 13.4. The third-order valence-electron chi connectivity index (χ3n) is 10.8. The van der Waals surface area contributed by atoms with Crippen molar-refractivity contribution in [2.45, 2.75) is 127 Å². The van der Waals surface area contributed by atoms with E-state index in [9.17, 15) is 40.8 Å². The molecular weight excluding hydrogens is 790 g/mol. The summed E-state index contributed by atoms with van der Waals surface area (Å²) in [6.45, 7) is 11.6. The first-order chi connectivity index (χ1) is 27.5. The molecule has 0 N–H and O–H groups in total. The second-order valence-electron chi connectivity index (χ2n) is 17.6. The molecule has 0 radical (unpaired) electrons. The summed E-state index contributed by atoms with van der Waals surface area (Å²) in [7, 11) is -5.84. The number of halogens is 3. The van der Waals surface area contributed by atoms with E-state index in [-0.39, 0.29) is 42.2 Å². The van der Waals surface area contributed by atoms with E-state index in [2.05, 4.69) is 4.18 Å². The molecule has 2 heterocycles. The summed E-state index contributed by atoms with van der Waals surface area (Å²) in [5.74, 6) is -0.954. The molecule has 1 aliphatic carbocycles. The highest BCUT2D eigenvalue weighted by Crippen LogP contribution is 2.66. The molecule has 0 spiro atoms. The topological polar surface area (TPSA) is 137 Å². The first-order valence-electron chi connectivity index (χ1n) is 19.8. The van der Waals surface area contributed by atoms with Crippen LogP contribution in [0.15, 0.2) is 72.8 Å². The Morgan fingerprint density at radius 1 is 0.593 bits per heavy atom. The molecule has 3 aliphatic rings. The van der Waals surface area contributed by atoms with Crippen molar-refractivity contribution in [2.24, 2.45) is 0 Å². The first-order valence-corrected chi connectivity index (χ1v) is 21.3. The number of alkyl halides is 3. The van der Waals surface area contributed by atoms with Crippen LogP contribution in [-0.2, 0) is 42.0 Å². The molecule has 15 heteroatoms. The monoisotopic (exact) mass is 840 g/mol. The lowest BCUT2D eigenvalue weighted by atomic mass is 9.97. The Kier molecular flexibility index (Phi) is 12.3. The molecule has 6 rings (SSSR count). The van der Waals surface area contributed by atoms with Gasteiger partial charge < -0.3 is 13.7 Å². The summed E-state index contributed by atoms with van der Waals surface area (Å²) < 4.78 is 77.6. The van der Waals surface area contributed by atoms with Gasteiger partial charge >= 0.3 is 27.8 Å². The van der Waals surface area contributed by atoms with Crippen molar-refractivity contribution in [3.05, 3.63) is 101 Å². The number of benzene rings is 3. The van der Waals surface area contributed by atoms with Crippen LogP contribution in [0.5, 0.6) is 5.75 Å². The maximum atomic E-state index is 13.4. The zero-order valence-corrected chi connectivity index (χ0v) is 34.9. The molecule has 3 fully saturated rings. The number of amides is 2. The first kappa shape index (κ1) is 43.7. The second-order valence-corrected chi connectivity index (χ2v) is 19.1. The molecule has 0 bridgehead atoms. The minimum atomic E-state index is -5.84. The van der Waals surface area contributed by atoms with Crippen LogP contribution < -0.4 is 4.18 Å². The highest BCUT2D eigenvalue weighted by Gasteiger charge is 2.53. The van der Waals surface area contributed by atoms with Crippen LogP contribution in [0.1, 0.15) is 113 Å². The van der Waals surface area contributed by atoms with E-state index in [0.29, 0.717) is 38.8 Å². The van der Waals surface area contributed by atoms with Crippen molar-refractivity contribution >= 4 is 33.9 Å². The maximum Gasteiger partial charge on any atom is 0.534 e. The average Bonchev–Trinajstić information content (AvgIpc) is 3.43. The van der Waals surface area contributed by atoms with Gasteiger partial charge in [0.25, 0.3) is 0 Å². The fraction of sp³-hybridized carbons (Fsp3) is 0.500. The normalized spacial score (nSPS) is 22.2. The highest BCUT2D eigenvalue weighted by molar-refractivity contribution is 7.88. The summed E-state index contributed by atoms with van der Waals surface area (Å²) in [6.07, 6.45) is 1.77. The number of Topliss-reactive ketones (excluding diaryl/α,β-unsaturated/α-hetero) is 2. The van der Waals surface area contributed by atoms with Gasteiger partial charge in [0.05, 0.1) is 12.1 Å². The van der Waals surface area contributed by atoms with Crippen LogP contribution in [0, 0.1) is 0 Å². The highest BCUT2D eigenvalue weighted by atomic mass is 32.2. The number of ether oxygens (including phenoxy) is 2. The van der Waals surface area contributed by atoms with Crippen molar-refractivity contribution in [1.82, 2.24) is 9.80 Å². The number of hydrogen-bond acceptors (Lipinski definition) is 9. The Hall–Kier alpha value is -4.92. The number of carbonyl (C=O) groups is 4. The second kappa shape index (κ2) is 16.6. The molecule has 2 aliphatic heterocycles. The quantitative estimate of drug-likeness (QED) is 0.137. The Morgan fingerprint density at radius 3 is 1.25 bits per heavy atom. The van der Waals surface area contributed by atoms with E-state index in [1.165, 1.54) is 21.9 Å². The fourth-order valence-electron chi connectivity index (χ4n) is 8.11. The van der Waals surface area contributed by atoms with Crippen molar-refractivity contribution in [3.8, 4) is 5.75 Å². The Morgan fingerprint density at radius 2 is 0.932 bits per heavy atom. The molecule has 2 unspecified atom stereocenters. The van der Waals surface area contributed by atoms with Crippen molar-refractivity contribution in [1.29, 1.82) is 0 Å². The summed E-state index contributed by atoms with van der Waals surface area (Å²) in [4.78, 5) is 55.5. The lowest BCUT2D eigenvalue weighted by molar-refractivity contribution is -0.123. The molecule has 11 nitrogen and oxygen atoms in total. The molecule has 318 valence electrons. The number of ketones is 2. The van der Waals surface area contributed by atoms with Gasteiger partial charge in [-0.2, -0.15) is 21.6 Å². The van der Waals surface area contributed by atoms with Gasteiger partial charge in [-0.3, -0.25) is 19.4 Å². The summed E-state index contributed by atoms with van der Waals surface area (Å²) >= 11 is 0. The average molecular weight is 841 g/mol. The smallest absolute Gasteiger partial charge is 0.444 e. The molecule has 2 saturated heterocycles. The van der Waals surface area contributed by atoms with Gasteiger partial charge in [0.15, 0.2) is 11.6 Å². The molecule has 2 amide bonds. The summed E-state index contributed by atoms with van der Waals surface area (Å²) in [6, 6.07) is 19.6. The van der Waals surface area contributed by atoms with Gasteiger partial charge in [-0.05, 0) is 125 Å². The Balaban J connectivity index is 1.19. The van der Waals surface area contributed by atoms with Crippen LogP contribution >= 0.6 is 0 Å². The standard InChI is InChI=1S/C44H51F3N2O9S/c1-42(2,3)56-40(52)48-23-7-9-33(48)35(50)25-27-11-15-29(16-12-27)37-38(39(37)31-19-21-32(22-20-31)58-59(54,55)44(45,46)47)30-17-13-28(14-18-30)26-36(51)34-10-8-24-49(34)41(53)57-43(4,5)6/h11-22,33-34,37-39H,7-10,23-26H2,1-6H3/t33-,34-,37?,38?,39?/m0/s1. The molecule has 4 atom stereocenters.